The van der Waals surface area contributed by atoms with Gasteiger partial charge in [0.25, 0.3) is 0 Å². The molecule has 0 bridgehead atoms. The Morgan fingerprint density at radius 2 is 1.78 bits per heavy atom. The van der Waals surface area contributed by atoms with Crippen molar-refractivity contribution >= 4 is 12.1 Å². The molecule has 1 rings (SSSR count). The second-order valence-corrected chi connectivity index (χ2v) is 7.26. The van der Waals surface area contributed by atoms with Gasteiger partial charge >= 0.3 is 12.1 Å². The number of esters is 1. The van der Waals surface area contributed by atoms with Gasteiger partial charge in [-0.05, 0) is 66.2 Å². The lowest BCUT2D eigenvalue weighted by atomic mass is 9.84. The summed E-state index contributed by atoms with van der Waals surface area (Å²) < 4.78 is 10.2. The largest absolute Gasteiger partial charge is 0.466 e. The number of amides is 1. The van der Waals surface area contributed by atoms with Crippen LogP contribution in [0.4, 0.5) is 4.79 Å². The number of hydrogen-bond acceptors (Lipinski definition) is 5. The Bertz CT molecular complexity index is 385. The predicted molar refractivity (Wildman–Crippen MR) is 89.0 cm³/mol. The Morgan fingerprint density at radius 1 is 1.17 bits per heavy atom. The number of carbonyl (C=O) groups excluding carboxylic acids is 2. The fourth-order valence-electron chi connectivity index (χ4n) is 2.87. The molecule has 0 spiro atoms. The van der Waals surface area contributed by atoms with Gasteiger partial charge in [-0.25, -0.2) is 4.79 Å². The molecule has 0 saturated heterocycles. The SMILES string of the molecule is CCOC(=O)CC1CCC(NC(C)NC(=O)OC(C)(C)C)CC1. The van der Waals surface area contributed by atoms with Crippen LogP contribution in [0.25, 0.3) is 0 Å². The van der Waals surface area contributed by atoms with Crippen LogP contribution in [0, 0.1) is 5.92 Å². The van der Waals surface area contributed by atoms with E-state index in [1.54, 1.807) is 0 Å². The van der Waals surface area contributed by atoms with Gasteiger partial charge in [-0.2, -0.15) is 0 Å². The molecule has 1 atom stereocenters. The zero-order chi connectivity index (χ0) is 17.5. The Hall–Kier alpha value is -1.30. The van der Waals surface area contributed by atoms with Crippen LogP contribution in [0.1, 0.15) is 66.7 Å². The maximum absolute atomic E-state index is 11.7. The first kappa shape index (κ1) is 19.7. The van der Waals surface area contributed by atoms with Crippen molar-refractivity contribution in [3.05, 3.63) is 0 Å². The van der Waals surface area contributed by atoms with Gasteiger partial charge in [0.15, 0.2) is 0 Å². The molecule has 1 unspecified atom stereocenters. The van der Waals surface area contributed by atoms with Gasteiger partial charge in [-0.15, -0.1) is 0 Å². The minimum Gasteiger partial charge on any atom is -0.466 e. The van der Waals surface area contributed by atoms with E-state index in [0.717, 1.165) is 25.7 Å². The van der Waals surface area contributed by atoms with Crippen LogP contribution in [-0.2, 0) is 14.3 Å². The van der Waals surface area contributed by atoms with E-state index in [2.05, 4.69) is 10.6 Å². The Balaban J connectivity index is 2.24. The van der Waals surface area contributed by atoms with Gasteiger partial charge in [0.05, 0.1) is 12.8 Å². The fraction of sp³-hybridized carbons (Fsp3) is 0.882. The summed E-state index contributed by atoms with van der Waals surface area (Å²) in [5, 5.41) is 6.20. The standard InChI is InChI=1S/C17H32N2O4/c1-6-22-15(20)11-13-7-9-14(10-8-13)18-12(2)19-16(21)23-17(3,4)5/h12-14,18H,6-11H2,1-5H3,(H,19,21). The molecule has 23 heavy (non-hydrogen) atoms. The average Bonchev–Trinajstić information content (AvgIpc) is 2.38. The summed E-state index contributed by atoms with van der Waals surface area (Å²) in [6.07, 6.45) is 4.00. The maximum atomic E-state index is 11.7. The normalized spacial score (nSPS) is 23.0. The first-order valence-electron chi connectivity index (χ1n) is 8.60. The summed E-state index contributed by atoms with van der Waals surface area (Å²) in [5.41, 5.74) is -0.491. The summed E-state index contributed by atoms with van der Waals surface area (Å²) in [6.45, 7) is 9.72. The minimum absolute atomic E-state index is 0.0936. The molecule has 0 heterocycles. The third kappa shape index (κ3) is 8.79. The van der Waals surface area contributed by atoms with E-state index >= 15 is 0 Å². The smallest absolute Gasteiger partial charge is 0.408 e. The molecule has 1 saturated carbocycles. The Labute approximate surface area is 139 Å². The highest BCUT2D eigenvalue weighted by Gasteiger charge is 2.25. The highest BCUT2D eigenvalue weighted by molar-refractivity contribution is 5.69. The molecule has 1 aliphatic carbocycles. The van der Waals surface area contributed by atoms with E-state index in [0.29, 0.717) is 25.0 Å². The van der Waals surface area contributed by atoms with E-state index in [4.69, 9.17) is 9.47 Å². The van der Waals surface area contributed by atoms with Crippen LogP contribution in [0.15, 0.2) is 0 Å². The van der Waals surface area contributed by atoms with E-state index in [9.17, 15) is 9.59 Å². The van der Waals surface area contributed by atoms with Gasteiger partial charge in [-0.1, -0.05) is 0 Å². The summed E-state index contributed by atoms with van der Waals surface area (Å²) in [4.78, 5) is 23.2. The first-order valence-corrected chi connectivity index (χ1v) is 8.60. The second kappa shape index (κ2) is 9.11. The first-order chi connectivity index (χ1) is 10.7. The zero-order valence-electron chi connectivity index (χ0n) is 15.1. The average molecular weight is 328 g/mol. The van der Waals surface area contributed by atoms with Crippen molar-refractivity contribution in [3.8, 4) is 0 Å². The van der Waals surface area contributed by atoms with Crippen LogP contribution in [0.5, 0.6) is 0 Å². The molecule has 1 aliphatic rings. The molecule has 134 valence electrons. The van der Waals surface area contributed by atoms with Crippen LogP contribution in [-0.4, -0.2) is 36.5 Å². The molecule has 6 heteroatoms. The lowest BCUT2D eigenvalue weighted by Crippen LogP contribution is -2.49. The highest BCUT2D eigenvalue weighted by atomic mass is 16.6. The van der Waals surface area contributed by atoms with Gasteiger partial charge < -0.3 is 14.8 Å². The van der Waals surface area contributed by atoms with Crippen molar-refractivity contribution < 1.29 is 19.1 Å². The van der Waals surface area contributed by atoms with Crippen LogP contribution < -0.4 is 10.6 Å². The Kier molecular flexibility index (Phi) is 7.82. The third-order valence-corrected chi connectivity index (χ3v) is 3.83. The van der Waals surface area contributed by atoms with Gasteiger partial charge in [0.1, 0.15) is 5.60 Å². The van der Waals surface area contributed by atoms with E-state index < -0.39 is 11.7 Å². The molecule has 1 fully saturated rings. The van der Waals surface area contributed by atoms with Crippen LogP contribution >= 0.6 is 0 Å². The van der Waals surface area contributed by atoms with Gasteiger partial charge in [-0.3, -0.25) is 10.1 Å². The molecule has 1 amide bonds. The molecule has 0 aliphatic heterocycles. The minimum atomic E-state index is -0.491. The second-order valence-electron chi connectivity index (χ2n) is 7.26. The van der Waals surface area contributed by atoms with Crippen LogP contribution in [0.2, 0.25) is 0 Å². The summed E-state index contributed by atoms with van der Waals surface area (Å²) in [7, 11) is 0. The van der Waals surface area contributed by atoms with Gasteiger partial charge in [0.2, 0.25) is 0 Å². The van der Waals surface area contributed by atoms with Crippen LogP contribution in [0.3, 0.4) is 0 Å². The number of ether oxygens (including phenoxy) is 2. The van der Waals surface area contributed by atoms with E-state index in [1.807, 2.05) is 34.6 Å². The molecule has 0 aromatic heterocycles. The van der Waals surface area contributed by atoms with E-state index in [-0.39, 0.29) is 12.1 Å². The quantitative estimate of drug-likeness (QED) is 0.579. The fourth-order valence-corrected chi connectivity index (χ4v) is 2.87. The number of alkyl carbamates (subject to hydrolysis) is 1. The lowest BCUT2D eigenvalue weighted by Gasteiger charge is -2.31. The number of carbonyl (C=O) groups is 2. The molecular formula is C17H32N2O4. The van der Waals surface area contributed by atoms with Crippen molar-refractivity contribution in [1.82, 2.24) is 10.6 Å². The monoisotopic (exact) mass is 328 g/mol. The zero-order valence-corrected chi connectivity index (χ0v) is 15.1. The third-order valence-electron chi connectivity index (χ3n) is 3.83. The molecule has 0 aromatic rings. The topological polar surface area (TPSA) is 76.7 Å². The van der Waals surface area contributed by atoms with Crippen molar-refractivity contribution in [3.63, 3.8) is 0 Å². The van der Waals surface area contributed by atoms with Crippen molar-refractivity contribution in [1.29, 1.82) is 0 Å². The summed E-state index contributed by atoms with van der Waals surface area (Å²) in [5.74, 6) is 0.324. The number of hydrogen-bond donors (Lipinski definition) is 2. The van der Waals surface area contributed by atoms with Crippen molar-refractivity contribution in [2.45, 2.75) is 84.5 Å². The Morgan fingerprint density at radius 3 is 2.30 bits per heavy atom. The highest BCUT2D eigenvalue weighted by Crippen LogP contribution is 2.27. The van der Waals surface area contributed by atoms with Crippen molar-refractivity contribution in [2.75, 3.05) is 6.61 Å². The maximum Gasteiger partial charge on any atom is 0.408 e. The predicted octanol–water partition coefficient (Wildman–Crippen LogP) is 2.96. The molecule has 0 radical (unpaired) electrons. The van der Waals surface area contributed by atoms with Gasteiger partial charge in [0, 0.05) is 12.5 Å². The molecule has 2 N–H and O–H groups in total. The molecule has 6 nitrogen and oxygen atoms in total. The van der Waals surface area contributed by atoms with Crippen molar-refractivity contribution in [2.24, 2.45) is 5.92 Å². The molecular weight excluding hydrogens is 296 g/mol. The molecule has 0 aromatic carbocycles. The number of rotatable bonds is 6. The number of nitrogens with one attached hydrogen (secondary N) is 2. The lowest BCUT2D eigenvalue weighted by molar-refractivity contribution is -0.144. The summed E-state index contributed by atoms with van der Waals surface area (Å²) in [6, 6.07) is 0.360. The van der Waals surface area contributed by atoms with E-state index in [1.165, 1.54) is 0 Å². The summed E-state index contributed by atoms with van der Waals surface area (Å²) >= 11 is 0.